The molecule has 0 radical (unpaired) electrons. The van der Waals surface area contributed by atoms with Crippen LogP contribution >= 0.6 is 11.6 Å². The van der Waals surface area contributed by atoms with E-state index in [0.29, 0.717) is 11.1 Å². The van der Waals surface area contributed by atoms with Gasteiger partial charge in [0, 0.05) is 37.2 Å². The van der Waals surface area contributed by atoms with Crippen molar-refractivity contribution in [3.05, 3.63) is 23.2 Å². The van der Waals surface area contributed by atoms with Crippen LogP contribution in [-0.4, -0.2) is 55.3 Å². The summed E-state index contributed by atoms with van der Waals surface area (Å²) in [7, 11) is 0. The first-order valence-electron chi connectivity index (χ1n) is 7.92. The van der Waals surface area contributed by atoms with Gasteiger partial charge in [0.15, 0.2) is 5.58 Å². The maximum absolute atomic E-state index is 6.01. The highest BCUT2D eigenvalue weighted by molar-refractivity contribution is 6.31. The van der Waals surface area contributed by atoms with Crippen LogP contribution in [0.5, 0.6) is 0 Å². The summed E-state index contributed by atoms with van der Waals surface area (Å²) in [4.78, 5) is 9.38. The molecule has 1 aromatic carbocycles. The van der Waals surface area contributed by atoms with Crippen molar-refractivity contribution in [1.29, 1.82) is 0 Å². The second kappa shape index (κ2) is 6.07. The lowest BCUT2D eigenvalue weighted by Crippen LogP contribution is -2.49. The molecule has 0 saturated carbocycles. The van der Waals surface area contributed by atoms with E-state index in [1.807, 2.05) is 18.2 Å². The first-order chi connectivity index (χ1) is 10.8. The molecule has 2 aromatic rings. The summed E-state index contributed by atoms with van der Waals surface area (Å²) < 4.78 is 11.3. The molecular weight excluding hydrogens is 302 g/mol. The Hall–Kier alpha value is -1.30. The van der Waals surface area contributed by atoms with Crippen molar-refractivity contribution < 1.29 is 9.15 Å². The van der Waals surface area contributed by atoms with Crippen molar-refractivity contribution in [1.82, 2.24) is 9.88 Å². The Morgan fingerprint density at radius 3 is 2.64 bits per heavy atom. The standard InChI is InChI=1S/C16H20ClN3O2/c17-12-1-2-15-14(11-12)18-16(22-15)20-5-3-13(4-6-20)19-7-9-21-10-8-19/h1-2,11,13H,3-10H2. The van der Waals surface area contributed by atoms with E-state index in [9.17, 15) is 0 Å². The zero-order chi connectivity index (χ0) is 14.9. The number of oxazole rings is 1. The van der Waals surface area contributed by atoms with E-state index in [1.165, 1.54) is 0 Å². The lowest BCUT2D eigenvalue weighted by molar-refractivity contribution is 0.0113. The van der Waals surface area contributed by atoms with Gasteiger partial charge in [-0.2, -0.15) is 4.98 Å². The third kappa shape index (κ3) is 2.81. The van der Waals surface area contributed by atoms with Crippen molar-refractivity contribution in [3.8, 4) is 0 Å². The average molecular weight is 322 g/mol. The second-order valence-electron chi connectivity index (χ2n) is 5.98. The molecule has 6 heteroatoms. The highest BCUT2D eigenvalue weighted by atomic mass is 35.5. The normalized spacial score (nSPS) is 21.6. The molecule has 3 heterocycles. The molecule has 0 spiro atoms. The molecule has 2 aliphatic rings. The first-order valence-corrected chi connectivity index (χ1v) is 8.30. The smallest absolute Gasteiger partial charge is 0.298 e. The zero-order valence-corrected chi connectivity index (χ0v) is 13.3. The Balaban J connectivity index is 1.43. The summed E-state index contributed by atoms with van der Waals surface area (Å²) in [5, 5.41) is 0.693. The molecule has 1 aromatic heterocycles. The van der Waals surface area contributed by atoms with Crippen molar-refractivity contribution in [2.24, 2.45) is 0 Å². The van der Waals surface area contributed by atoms with Gasteiger partial charge in [0.2, 0.25) is 0 Å². The molecular formula is C16H20ClN3O2. The van der Waals surface area contributed by atoms with Crippen molar-refractivity contribution in [3.63, 3.8) is 0 Å². The quantitative estimate of drug-likeness (QED) is 0.851. The van der Waals surface area contributed by atoms with Gasteiger partial charge in [0.25, 0.3) is 6.01 Å². The first kappa shape index (κ1) is 14.3. The van der Waals surface area contributed by atoms with Crippen LogP contribution in [0.3, 0.4) is 0 Å². The lowest BCUT2D eigenvalue weighted by atomic mass is 10.0. The molecule has 118 valence electrons. The summed E-state index contributed by atoms with van der Waals surface area (Å²) in [6.45, 7) is 5.83. The van der Waals surface area contributed by atoms with Gasteiger partial charge < -0.3 is 14.1 Å². The topological polar surface area (TPSA) is 41.7 Å². The maximum Gasteiger partial charge on any atom is 0.298 e. The molecule has 0 atom stereocenters. The highest BCUT2D eigenvalue weighted by Gasteiger charge is 2.27. The predicted molar refractivity (Wildman–Crippen MR) is 86.6 cm³/mol. The number of aromatic nitrogens is 1. The van der Waals surface area contributed by atoms with Gasteiger partial charge in [-0.3, -0.25) is 4.90 Å². The number of morpholine rings is 1. The van der Waals surface area contributed by atoms with Crippen LogP contribution in [-0.2, 0) is 4.74 Å². The van der Waals surface area contributed by atoms with E-state index < -0.39 is 0 Å². The highest BCUT2D eigenvalue weighted by Crippen LogP contribution is 2.27. The SMILES string of the molecule is Clc1ccc2oc(N3CCC(N4CCOCC4)CC3)nc2c1. The fourth-order valence-electron chi connectivity index (χ4n) is 3.39. The molecule has 5 nitrogen and oxygen atoms in total. The van der Waals surface area contributed by atoms with Gasteiger partial charge in [0.05, 0.1) is 13.2 Å². The van der Waals surface area contributed by atoms with E-state index in [4.69, 9.17) is 20.8 Å². The van der Waals surface area contributed by atoms with Crippen molar-refractivity contribution in [2.45, 2.75) is 18.9 Å². The van der Waals surface area contributed by atoms with Gasteiger partial charge in [0.1, 0.15) is 5.52 Å². The molecule has 2 aliphatic heterocycles. The number of halogens is 1. The Morgan fingerprint density at radius 2 is 1.86 bits per heavy atom. The van der Waals surface area contributed by atoms with E-state index in [-0.39, 0.29) is 0 Å². The number of rotatable bonds is 2. The van der Waals surface area contributed by atoms with Crippen LogP contribution in [0.25, 0.3) is 11.1 Å². The van der Waals surface area contributed by atoms with Gasteiger partial charge in [-0.05, 0) is 31.0 Å². The Morgan fingerprint density at radius 1 is 1.09 bits per heavy atom. The summed E-state index contributed by atoms with van der Waals surface area (Å²) in [6.07, 6.45) is 2.30. The molecule has 22 heavy (non-hydrogen) atoms. The number of piperidine rings is 1. The molecule has 0 unspecified atom stereocenters. The number of anilines is 1. The molecule has 0 amide bonds. The van der Waals surface area contributed by atoms with E-state index in [2.05, 4.69) is 14.8 Å². The van der Waals surface area contributed by atoms with Gasteiger partial charge >= 0.3 is 0 Å². The number of fused-ring (bicyclic) bond motifs is 1. The second-order valence-corrected chi connectivity index (χ2v) is 6.41. The monoisotopic (exact) mass is 321 g/mol. The summed E-state index contributed by atoms with van der Waals surface area (Å²) >= 11 is 6.01. The third-order valence-corrected chi connectivity index (χ3v) is 4.87. The summed E-state index contributed by atoms with van der Waals surface area (Å²) in [5.41, 5.74) is 1.63. The average Bonchev–Trinajstić information content (AvgIpc) is 2.99. The van der Waals surface area contributed by atoms with Crippen LogP contribution in [0.15, 0.2) is 22.6 Å². The molecule has 2 saturated heterocycles. The van der Waals surface area contributed by atoms with E-state index in [0.717, 1.165) is 69.3 Å². The Kier molecular flexibility index (Phi) is 3.94. The van der Waals surface area contributed by atoms with Gasteiger partial charge in [-0.25, -0.2) is 0 Å². The number of benzene rings is 1. The summed E-state index contributed by atoms with van der Waals surface area (Å²) in [5.74, 6) is 0. The van der Waals surface area contributed by atoms with E-state index in [1.54, 1.807) is 0 Å². The Labute approximate surface area is 134 Å². The van der Waals surface area contributed by atoms with E-state index >= 15 is 0 Å². The maximum atomic E-state index is 6.01. The zero-order valence-electron chi connectivity index (χ0n) is 12.5. The largest absolute Gasteiger partial charge is 0.423 e. The number of hydrogen-bond acceptors (Lipinski definition) is 5. The molecule has 2 fully saturated rings. The molecule has 0 N–H and O–H groups in total. The minimum Gasteiger partial charge on any atom is -0.423 e. The minimum atomic E-state index is 0.666. The van der Waals surface area contributed by atoms with Crippen LogP contribution in [0, 0.1) is 0 Å². The number of hydrogen-bond donors (Lipinski definition) is 0. The van der Waals surface area contributed by atoms with Gasteiger partial charge in [-0.15, -0.1) is 0 Å². The minimum absolute atomic E-state index is 0.666. The molecule has 4 rings (SSSR count). The summed E-state index contributed by atoms with van der Waals surface area (Å²) in [6, 6.07) is 6.96. The molecule has 0 aliphatic carbocycles. The van der Waals surface area contributed by atoms with Crippen molar-refractivity contribution in [2.75, 3.05) is 44.3 Å². The fraction of sp³-hybridized carbons (Fsp3) is 0.562. The van der Waals surface area contributed by atoms with Crippen LogP contribution in [0.2, 0.25) is 5.02 Å². The van der Waals surface area contributed by atoms with Crippen LogP contribution < -0.4 is 4.90 Å². The predicted octanol–water partition coefficient (Wildman–Crippen LogP) is 2.78. The lowest BCUT2D eigenvalue weighted by Gasteiger charge is -2.39. The molecule has 0 bridgehead atoms. The third-order valence-electron chi connectivity index (χ3n) is 4.64. The van der Waals surface area contributed by atoms with Gasteiger partial charge in [-0.1, -0.05) is 11.6 Å². The van der Waals surface area contributed by atoms with Crippen LogP contribution in [0.1, 0.15) is 12.8 Å². The Bertz CT molecular complexity index is 646. The van der Waals surface area contributed by atoms with Crippen molar-refractivity contribution >= 4 is 28.7 Å². The number of nitrogens with zero attached hydrogens (tertiary/aromatic N) is 3. The fourth-order valence-corrected chi connectivity index (χ4v) is 3.55. The number of ether oxygens (including phenoxy) is 1. The van der Waals surface area contributed by atoms with Crippen LogP contribution in [0.4, 0.5) is 6.01 Å².